The summed E-state index contributed by atoms with van der Waals surface area (Å²) in [5.41, 5.74) is -0.409. The molecule has 12 heavy (non-hydrogen) atoms. The van der Waals surface area contributed by atoms with Crippen molar-refractivity contribution >= 4 is 11.6 Å². The van der Waals surface area contributed by atoms with Gasteiger partial charge in [-0.3, -0.25) is 4.79 Å². The molecule has 0 bridgehead atoms. The molecule has 0 aliphatic heterocycles. The molecule has 0 aromatic carbocycles. The van der Waals surface area contributed by atoms with Gasteiger partial charge < -0.3 is 10.2 Å². The van der Waals surface area contributed by atoms with Crippen LogP contribution in [-0.2, 0) is 9.63 Å². The summed E-state index contributed by atoms with van der Waals surface area (Å²) in [4.78, 5) is 15.0. The van der Waals surface area contributed by atoms with E-state index in [0.29, 0.717) is 0 Å². The van der Waals surface area contributed by atoms with Crippen LogP contribution in [0.5, 0.6) is 0 Å². The summed E-state index contributed by atoms with van der Waals surface area (Å²) in [7, 11) is 1.36. The van der Waals surface area contributed by atoms with Gasteiger partial charge in [0.1, 0.15) is 12.1 Å². The summed E-state index contributed by atoms with van der Waals surface area (Å²) >= 11 is 0. The monoisotopic (exact) mass is 166 g/mol. The van der Waals surface area contributed by atoms with Crippen molar-refractivity contribution in [2.24, 2.45) is 5.16 Å². The highest BCUT2D eigenvalue weighted by Crippen LogP contribution is 1.80. The Morgan fingerprint density at radius 1 is 1.67 bits per heavy atom. The maximum Gasteiger partial charge on any atom is 0.284 e. The van der Waals surface area contributed by atoms with E-state index < -0.39 is 11.6 Å². The summed E-state index contributed by atoms with van der Waals surface area (Å²) in [5, 5.41) is 21.7. The maximum atomic E-state index is 10.7. The van der Waals surface area contributed by atoms with Crippen molar-refractivity contribution in [3.05, 3.63) is 0 Å². The molecule has 0 rings (SSSR count). The van der Waals surface area contributed by atoms with Crippen LogP contribution in [0, 0.1) is 22.7 Å². The van der Waals surface area contributed by atoms with Gasteiger partial charge in [0.05, 0.1) is 0 Å². The Hall–Kier alpha value is -2.08. The zero-order chi connectivity index (χ0) is 9.40. The SMILES string of the molecule is CNC(=O)C(C#N)=NOCC#N. The first-order valence-corrected chi connectivity index (χ1v) is 2.95. The van der Waals surface area contributed by atoms with E-state index in [9.17, 15) is 4.79 Å². The van der Waals surface area contributed by atoms with E-state index >= 15 is 0 Å². The molecule has 6 heteroatoms. The van der Waals surface area contributed by atoms with E-state index in [0.717, 1.165) is 0 Å². The van der Waals surface area contributed by atoms with Crippen LogP contribution in [0.2, 0.25) is 0 Å². The largest absolute Gasteiger partial charge is 0.379 e. The average molecular weight is 166 g/mol. The molecule has 0 fully saturated rings. The molecular weight excluding hydrogens is 160 g/mol. The predicted octanol–water partition coefficient (Wildman–Crippen LogP) is -0.848. The molecule has 0 saturated heterocycles. The highest BCUT2D eigenvalue weighted by Gasteiger charge is 2.07. The van der Waals surface area contributed by atoms with Crippen molar-refractivity contribution < 1.29 is 9.63 Å². The molecule has 0 unspecified atom stereocenters. The molecular formula is C6H6N4O2. The molecule has 0 saturated carbocycles. The normalized spacial score (nSPS) is 9.42. The number of nitrogens with zero attached hydrogens (tertiary/aromatic N) is 3. The van der Waals surface area contributed by atoms with Crippen molar-refractivity contribution in [3.8, 4) is 12.1 Å². The third kappa shape index (κ3) is 3.18. The van der Waals surface area contributed by atoms with Gasteiger partial charge in [-0.25, -0.2) is 0 Å². The topological polar surface area (TPSA) is 98.3 Å². The van der Waals surface area contributed by atoms with Gasteiger partial charge in [0, 0.05) is 7.05 Å². The van der Waals surface area contributed by atoms with Crippen LogP contribution < -0.4 is 5.32 Å². The van der Waals surface area contributed by atoms with Crippen LogP contribution >= 0.6 is 0 Å². The number of nitriles is 2. The number of nitrogens with one attached hydrogen (secondary N) is 1. The van der Waals surface area contributed by atoms with Crippen molar-refractivity contribution in [1.82, 2.24) is 5.32 Å². The third-order valence-corrected chi connectivity index (χ3v) is 0.833. The molecule has 62 valence electrons. The van der Waals surface area contributed by atoms with Gasteiger partial charge in [-0.2, -0.15) is 10.5 Å². The number of carbonyl (C=O) groups is 1. The van der Waals surface area contributed by atoms with E-state index in [4.69, 9.17) is 10.5 Å². The Bertz CT molecular complexity index is 270. The second kappa shape index (κ2) is 5.69. The zero-order valence-electron chi connectivity index (χ0n) is 6.37. The van der Waals surface area contributed by atoms with Crippen LogP contribution in [0.4, 0.5) is 0 Å². The number of amides is 1. The van der Waals surface area contributed by atoms with Crippen molar-refractivity contribution in [2.45, 2.75) is 0 Å². The maximum absolute atomic E-state index is 10.7. The number of hydrogen-bond donors (Lipinski definition) is 1. The molecule has 1 amide bonds. The highest BCUT2D eigenvalue weighted by molar-refractivity contribution is 6.44. The fourth-order valence-electron chi connectivity index (χ4n) is 0.357. The van der Waals surface area contributed by atoms with Crippen LogP contribution in [0.15, 0.2) is 5.16 Å². The van der Waals surface area contributed by atoms with Crippen molar-refractivity contribution in [1.29, 1.82) is 10.5 Å². The van der Waals surface area contributed by atoms with Gasteiger partial charge in [-0.05, 0) is 0 Å². The molecule has 0 spiro atoms. The average Bonchev–Trinajstić information content (AvgIpc) is 2.11. The van der Waals surface area contributed by atoms with E-state index in [1.165, 1.54) is 13.1 Å². The van der Waals surface area contributed by atoms with E-state index in [1.807, 2.05) is 0 Å². The third-order valence-electron chi connectivity index (χ3n) is 0.833. The van der Waals surface area contributed by atoms with Gasteiger partial charge in [-0.15, -0.1) is 0 Å². The Labute approximate surface area is 69.0 Å². The first-order valence-electron chi connectivity index (χ1n) is 2.95. The van der Waals surface area contributed by atoms with E-state index in [-0.39, 0.29) is 6.61 Å². The Kier molecular flexibility index (Phi) is 4.70. The summed E-state index contributed by atoms with van der Waals surface area (Å²) in [6.45, 7) is -0.290. The summed E-state index contributed by atoms with van der Waals surface area (Å²) in [6.07, 6.45) is 0. The molecule has 0 aliphatic rings. The molecule has 0 aromatic heterocycles. The Morgan fingerprint density at radius 2 is 2.33 bits per heavy atom. The summed E-state index contributed by atoms with van der Waals surface area (Å²) in [5.74, 6) is -0.643. The Balaban J connectivity index is 4.18. The van der Waals surface area contributed by atoms with Gasteiger partial charge in [0.2, 0.25) is 12.3 Å². The van der Waals surface area contributed by atoms with Crippen molar-refractivity contribution in [3.63, 3.8) is 0 Å². The summed E-state index contributed by atoms with van der Waals surface area (Å²) < 4.78 is 0. The highest BCUT2D eigenvalue weighted by atomic mass is 16.6. The lowest BCUT2D eigenvalue weighted by Crippen LogP contribution is -2.26. The molecule has 0 atom stereocenters. The second-order valence-electron chi connectivity index (χ2n) is 1.56. The van der Waals surface area contributed by atoms with Crippen LogP contribution in [0.3, 0.4) is 0 Å². The fourth-order valence-corrected chi connectivity index (χ4v) is 0.357. The summed E-state index contributed by atoms with van der Waals surface area (Å²) in [6, 6.07) is 3.15. The second-order valence-corrected chi connectivity index (χ2v) is 1.56. The standard InChI is InChI=1S/C6H6N4O2/c1-9-6(11)5(4-8)10-12-3-2-7/h3H2,1H3,(H,9,11). The minimum atomic E-state index is -0.643. The molecule has 6 nitrogen and oxygen atoms in total. The first kappa shape index (κ1) is 9.92. The number of hydrogen-bond acceptors (Lipinski definition) is 5. The predicted molar refractivity (Wildman–Crippen MR) is 38.7 cm³/mol. The van der Waals surface area contributed by atoms with Crippen LogP contribution in [-0.4, -0.2) is 25.3 Å². The van der Waals surface area contributed by atoms with Crippen LogP contribution in [0.1, 0.15) is 0 Å². The van der Waals surface area contributed by atoms with E-state index in [2.05, 4.69) is 15.3 Å². The van der Waals surface area contributed by atoms with E-state index in [1.54, 1.807) is 6.07 Å². The van der Waals surface area contributed by atoms with Crippen LogP contribution in [0.25, 0.3) is 0 Å². The minimum absolute atomic E-state index is 0.290. The number of oxime groups is 1. The smallest absolute Gasteiger partial charge is 0.284 e. The molecule has 0 heterocycles. The molecule has 0 aliphatic carbocycles. The lowest BCUT2D eigenvalue weighted by atomic mass is 10.4. The van der Waals surface area contributed by atoms with Gasteiger partial charge in [0.15, 0.2) is 0 Å². The quantitative estimate of drug-likeness (QED) is 0.335. The Morgan fingerprint density at radius 3 is 2.75 bits per heavy atom. The van der Waals surface area contributed by atoms with Crippen molar-refractivity contribution in [2.75, 3.05) is 13.7 Å². The lowest BCUT2D eigenvalue weighted by Gasteiger charge is -1.93. The zero-order valence-corrected chi connectivity index (χ0v) is 6.37. The first-order chi connectivity index (χ1) is 5.76. The number of rotatable bonds is 3. The van der Waals surface area contributed by atoms with Gasteiger partial charge in [0.25, 0.3) is 5.91 Å². The lowest BCUT2D eigenvalue weighted by molar-refractivity contribution is -0.114. The minimum Gasteiger partial charge on any atom is -0.379 e. The fraction of sp³-hybridized carbons (Fsp3) is 0.333. The molecule has 0 radical (unpaired) electrons. The molecule has 0 aromatic rings. The van der Waals surface area contributed by atoms with Gasteiger partial charge in [-0.1, -0.05) is 5.16 Å². The molecule has 1 N–H and O–H groups in total. The van der Waals surface area contributed by atoms with Gasteiger partial charge >= 0.3 is 0 Å². The number of carbonyl (C=O) groups excluding carboxylic acids is 1.